The van der Waals surface area contributed by atoms with E-state index in [1.807, 2.05) is 38.1 Å². The van der Waals surface area contributed by atoms with Gasteiger partial charge in [0.15, 0.2) is 11.3 Å². The summed E-state index contributed by atoms with van der Waals surface area (Å²) in [5.41, 5.74) is 4.90. The van der Waals surface area contributed by atoms with Gasteiger partial charge in [-0.05, 0) is 113 Å². The van der Waals surface area contributed by atoms with E-state index in [1.54, 1.807) is 36.4 Å². The molecule has 1 aliphatic rings. The Bertz CT molecular complexity index is 2360. The lowest BCUT2D eigenvalue weighted by Gasteiger charge is -2.33. The molecule has 2 aromatic heterocycles. The van der Waals surface area contributed by atoms with Crippen molar-refractivity contribution in [3.63, 3.8) is 0 Å². The molecule has 0 saturated heterocycles. The maximum atomic E-state index is 13.4. The van der Waals surface area contributed by atoms with Crippen LogP contribution in [-0.2, 0) is 22.4 Å². The Balaban J connectivity index is 0.957. The van der Waals surface area contributed by atoms with Gasteiger partial charge in [-0.25, -0.2) is 0 Å². The first-order chi connectivity index (χ1) is 23.6. The Morgan fingerprint density at radius 3 is 2.35 bits per heavy atom. The van der Waals surface area contributed by atoms with Crippen molar-refractivity contribution in [3.8, 4) is 11.5 Å². The molecule has 0 N–H and O–H groups in total. The largest absolute Gasteiger partial charge is 0.486 e. The number of unbranched alkanes of at least 4 members (excludes halogenated alkanes) is 3. The van der Waals surface area contributed by atoms with E-state index in [-0.39, 0.29) is 28.8 Å². The van der Waals surface area contributed by atoms with E-state index in [4.69, 9.17) is 23.0 Å². The number of esters is 1. The van der Waals surface area contributed by atoms with E-state index < -0.39 is 0 Å². The molecule has 0 aliphatic carbocycles. The summed E-state index contributed by atoms with van der Waals surface area (Å²) in [6, 6.07) is 18.2. The standard InChI is InChI=1S/C41H40O8/c1-24-16-17-30-35(44)29-14-11-12-26(37(29)48-36(30)25(24)2)23-33(42)45-20-9-5-6-10-21-46-40-38-27(18-19-41(3,4)49-38)22-31-34(43)28-13-7-8-15-32(28)47-39(31)40/h7-8,11-17,22H,5-6,9-10,18-21,23H2,1-4H3. The van der Waals surface area contributed by atoms with Gasteiger partial charge in [-0.1, -0.05) is 30.3 Å². The van der Waals surface area contributed by atoms with Gasteiger partial charge in [0.2, 0.25) is 16.6 Å². The van der Waals surface area contributed by atoms with Gasteiger partial charge in [0.05, 0.1) is 41.2 Å². The van der Waals surface area contributed by atoms with Crippen molar-refractivity contribution in [2.45, 2.75) is 78.2 Å². The molecule has 49 heavy (non-hydrogen) atoms. The molecule has 7 rings (SSSR count). The highest BCUT2D eigenvalue weighted by Crippen LogP contribution is 2.45. The van der Waals surface area contributed by atoms with E-state index in [0.717, 1.165) is 48.8 Å². The van der Waals surface area contributed by atoms with Crippen molar-refractivity contribution < 1.29 is 27.8 Å². The number of para-hydroxylation sites is 2. The molecule has 8 heteroatoms. The third-order valence-electron chi connectivity index (χ3n) is 9.58. The van der Waals surface area contributed by atoms with Gasteiger partial charge in [-0.3, -0.25) is 14.4 Å². The molecule has 0 radical (unpaired) electrons. The van der Waals surface area contributed by atoms with Crippen LogP contribution in [0.25, 0.3) is 43.9 Å². The fourth-order valence-corrected chi connectivity index (χ4v) is 6.63. The minimum absolute atomic E-state index is 0.0180. The van der Waals surface area contributed by atoms with Gasteiger partial charge in [0.1, 0.15) is 22.4 Å². The number of rotatable bonds is 10. The quantitative estimate of drug-likeness (QED) is 0.0817. The van der Waals surface area contributed by atoms with Crippen molar-refractivity contribution in [2.24, 2.45) is 0 Å². The zero-order chi connectivity index (χ0) is 34.3. The average molecular weight is 661 g/mol. The first kappa shape index (κ1) is 32.4. The van der Waals surface area contributed by atoms with E-state index in [0.29, 0.717) is 80.6 Å². The molecule has 6 aromatic rings. The SMILES string of the molecule is Cc1ccc2c(=O)c3cccc(CC(=O)OCCCCCCOc4c5c(cc6c(=O)c7ccccc7oc46)CCC(C)(C)O5)c3oc2c1C. The van der Waals surface area contributed by atoms with Crippen molar-refractivity contribution in [1.29, 1.82) is 0 Å². The van der Waals surface area contributed by atoms with Gasteiger partial charge in [-0.15, -0.1) is 0 Å². The Kier molecular flexibility index (Phi) is 8.65. The molecule has 252 valence electrons. The zero-order valence-electron chi connectivity index (χ0n) is 28.4. The van der Waals surface area contributed by atoms with Crippen LogP contribution in [0.15, 0.2) is 79.1 Å². The van der Waals surface area contributed by atoms with Crippen molar-refractivity contribution in [3.05, 3.63) is 103 Å². The van der Waals surface area contributed by atoms with Crippen molar-refractivity contribution >= 4 is 49.8 Å². The topological polar surface area (TPSA) is 105 Å². The summed E-state index contributed by atoms with van der Waals surface area (Å²) >= 11 is 0. The van der Waals surface area contributed by atoms with Gasteiger partial charge in [-0.2, -0.15) is 0 Å². The first-order valence-electron chi connectivity index (χ1n) is 17.0. The number of hydrogen-bond donors (Lipinski definition) is 0. The van der Waals surface area contributed by atoms with E-state index in [1.165, 1.54) is 0 Å². The van der Waals surface area contributed by atoms with Crippen LogP contribution in [0, 0.1) is 13.8 Å². The Morgan fingerprint density at radius 2 is 1.51 bits per heavy atom. The minimum atomic E-state index is -0.364. The fraction of sp³-hybridized carbons (Fsp3) is 0.341. The van der Waals surface area contributed by atoms with Gasteiger partial charge >= 0.3 is 5.97 Å². The van der Waals surface area contributed by atoms with Crippen LogP contribution in [0.3, 0.4) is 0 Å². The molecule has 0 saturated carbocycles. The van der Waals surface area contributed by atoms with E-state index in [2.05, 4.69) is 13.8 Å². The summed E-state index contributed by atoms with van der Waals surface area (Å²) in [5, 5.41) is 2.04. The predicted octanol–water partition coefficient (Wildman–Crippen LogP) is 8.65. The molecule has 0 spiro atoms. The molecule has 0 unspecified atom stereocenters. The molecular formula is C41H40O8. The van der Waals surface area contributed by atoms with Crippen molar-refractivity contribution in [2.75, 3.05) is 13.2 Å². The lowest BCUT2D eigenvalue weighted by Crippen LogP contribution is -2.33. The van der Waals surface area contributed by atoms with Crippen LogP contribution in [0.4, 0.5) is 0 Å². The summed E-state index contributed by atoms with van der Waals surface area (Å²) in [5.74, 6) is 0.773. The minimum Gasteiger partial charge on any atom is -0.486 e. The van der Waals surface area contributed by atoms with E-state index >= 15 is 0 Å². The maximum Gasteiger partial charge on any atom is 0.310 e. The Labute approximate surface area is 283 Å². The molecule has 0 fully saturated rings. The fourth-order valence-electron chi connectivity index (χ4n) is 6.63. The molecular weight excluding hydrogens is 620 g/mol. The first-order valence-corrected chi connectivity index (χ1v) is 17.0. The summed E-state index contributed by atoms with van der Waals surface area (Å²) in [7, 11) is 0. The highest BCUT2D eigenvalue weighted by atomic mass is 16.5. The van der Waals surface area contributed by atoms with Crippen LogP contribution < -0.4 is 20.3 Å². The highest BCUT2D eigenvalue weighted by molar-refractivity contribution is 5.95. The number of benzene rings is 4. The van der Waals surface area contributed by atoms with Crippen LogP contribution in [-0.4, -0.2) is 24.8 Å². The molecule has 3 heterocycles. The summed E-state index contributed by atoms with van der Waals surface area (Å²) in [6.07, 6.45) is 4.83. The number of fused-ring (bicyclic) bond motifs is 5. The number of aryl methyl sites for hydroxylation is 3. The number of carbonyl (C=O) groups is 1. The predicted molar refractivity (Wildman–Crippen MR) is 191 cm³/mol. The lowest BCUT2D eigenvalue weighted by atomic mass is 9.93. The normalized spacial score (nSPS) is 13.9. The van der Waals surface area contributed by atoms with Crippen LogP contribution in [0.5, 0.6) is 11.5 Å². The van der Waals surface area contributed by atoms with Crippen LogP contribution in [0.1, 0.15) is 68.2 Å². The third-order valence-corrected chi connectivity index (χ3v) is 9.58. The summed E-state index contributed by atoms with van der Waals surface area (Å²) in [6.45, 7) is 8.73. The molecule has 0 atom stereocenters. The molecule has 0 bridgehead atoms. The second kappa shape index (κ2) is 13.1. The zero-order valence-corrected chi connectivity index (χ0v) is 28.4. The number of hydrogen-bond acceptors (Lipinski definition) is 8. The smallest absolute Gasteiger partial charge is 0.310 e. The maximum absolute atomic E-state index is 13.4. The van der Waals surface area contributed by atoms with Gasteiger partial charge in [0, 0.05) is 5.56 Å². The third kappa shape index (κ3) is 6.28. The molecule has 4 aromatic carbocycles. The average Bonchev–Trinajstić information content (AvgIpc) is 3.08. The summed E-state index contributed by atoms with van der Waals surface area (Å²) < 4.78 is 30.8. The molecule has 0 amide bonds. The summed E-state index contributed by atoms with van der Waals surface area (Å²) in [4.78, 5) is 39.4. The monoisotopic (exact) mass is 660 g/mol. The van der Waals surface area contributed by atoms with Gasteiger partial charge in [0.25, 0.3) is 0 Å². The Morgan fingerprint density at radius 1 is 0.776 bits per heavy atom. The van der Waals surface area contributed by atoms with Crippen molar-refractivity contribution in [1.82, 2.24) is 0 Å². The molecule has 8 nitrogen and oxygen atoms in total. The molecule has 1 aliphatic heterocycles. The van der Waals surface area contributed by atoms with Gasteiger partial charge < -0.3 is 23.0 Å². The highest BCUT2D eigenvalue weighted by Gasteiger charge is 2.32. The second-order valence-electron chi connectivity index (χ2n) is 13.6. The Hall–Kier alpha value is -5.11. The van der Waals surface area contributed by atoms with E-state index in [9.17, 15) is 14.4 Å². The van der Waals surface area contributed by atoms with Crippen LogP contribution in [0.2, 0.25) is 0 Å². The lowest BCUT2D eigenvalue weighted by molar-refractivity contribution is -0.142. The number of carbonyl (C=O) groups excluding carboxylic acids is 1. The number of ether oxygens (including phenoxy) is 3. The second-order valence-corrected chi connectivity index (χ2v) is 13.6. The van der Waals surface area contributed by atoms with Crippen LogP contribution >= 0.6 is 0 Å².